The minimum Gasteiger partial charge on any atom is -0.347 e. The van der Waals surface area contributed by atoms with Gasteiger partial charge >= 0.3 is 0 Å². The summed E-state index contributed by atoms with van der Waals surface area (Å²) >= 11 is 0. The smallest absolute Gasteiger partial charge is 0.204 e. The first-order valence-electron chi connectivity index (χ1n) is 6.47. The molecule has 5 heteroatoms. The summed E-state index contributed by atoms with van der Waals surface area (Å²) in [6, 6.07) is 8.27. The Morgan fingerprint density at radius 2 is 2.21 bits per heavy atom. The van der Waals surface area contributed by atoms with Crippen molar-refractivity contribution in [3.63, 3.8) is 0 Å². The van der Waals surface area contributed by atoms with E-state index >= 15 is 0 Å². The number of aryl methyl sites for hydroxylation is 1. The van der Waals surface area contributed by atoms with Gasteiger partial charge in [-0.15, -0.1) is 0 Å². The second-order valence-corrected chi connectivity index (χ2v) is 4.56. The Labute approximate surface area is 111 Å². The number of aromatic amines is 1. The number of anilines is 1. The van der Waals surface area contributed by atoms with Crippen molar-refractivity contribution in [2.24, 2.45) is 7.05 Å². The number of hydrogen-bond acceptors (Lipinski definition) is 3. The Hall–Kier alpha value is -2.30. The SMILES string of the molecule is CCC(Nc1nc2ccccc2n1C)c1ncc[nH]1. The Morgan fingerprint density at radius 3 is 2.89 bits per heavy atom. The van der Waals surface area contributed by atoms with E-state index in [9.17, 15) is 0 Å². The van der Waals surface area contributed by atoms with Crippen LogP contribution in [0.2, 0.25) is 0 Å². The van der Waals surface area contributed by atoms with Gasteiger partial charge in [0.2, 0.25) is 5.95 Å². The molecule has 0 bridgehead atoms. The van der Waals surface area contributed by atoms with Gasteiger partial charge in [0.25, 0.3) is 0 Å². The third-order valence-corrected chi connectivity index (χ3v) is 3.35. The molecule has 3 aromatic rings. The summed E-state index contributed by atoms with van der Waals surface area (Å²) in [7, 11) is 2.02. The molecule has 1 unspecified atom stereocenters. The van der Waals surface area contributed by atoms with Crippen molar-refractivity contribution in [3.8, 4) is 0 Å². The van der Waals surface area contributed by atoms with Gasteiger partial charge in [-0.3, -0.25) is 0 Å². The quantitative estimate of drug-likeness (QED) is 0.753. The van der Waals surface area contributed by atoms with Gasteiger partial charge < -0.3 is 14.9 Å². The van der Waals surface area contributed by atoms with E-state index in [4.69, 9.17) is 0 Å². The molecule has 2 aromatic heterocycles. The minimum absolute atomic E-state index is 0.144. The molecular formula is C14H17N5. The van der Waals surface area contributed by atoms with E-state index in [-0.39, 0.29) is 6.04 Å². The van der Waals surface area contributed by atoms with Crippen LogP contribution < -0.4 is 5.32 Å². The summed E-state index contributed by atoms with van der Waals surface area (Å²) in [5.74, 6) is 1.80. The molecule has 0 amide bonds. The molecule has 98 valence electrons. The number of fused-ring (bicyclic) bond motifs is 1. The number of para-hydroxylation sites is 2. The number of aromatic nitrogens is 4. The van der Waals surface area contributed by atoms with E-state index in [0.29, 0.717) is 0 Å². The van der Waals surface area contributed by atoms with E-state index in [1.165, 1.54) is 0 Å². The summed E-state index contributed by atoms with van der Waals surface area (Å²) in [6.07, 6.45) is 4.56. The monoisotopic (exact) mass is 255 g/mol. The second-order valence-electron chi connectivity index (χ2n) is 4.56. The average Bonchev–Trinajstić information content (AvgIpc) is 3.06. The third-order valence-electron chi connectivity index (χ3n) is 3.35. The molecule has 19 heavy (non-hydrogen) atoms. The minimum atomic E-state index is 0.144. The number of H-pyrrole nitrogens is 1. The predicted molar refractivity (Wildman–Crippen MR) is 76.0 cm³/mol. The predicted octanol–water partition coefficient (Wildman–Crippen LogP) is 2.86. The van der Waals surface area contributed by atoms with Gasteiger partial charge in [0.05, 0.1) is 17.1 Å². The largest absolute Gasteiger partial charge is 0.347 e. The standard InChI is InChI=1S/C14H17N5/c1-3-10(13-15-8-9-16-13)17-14-18-11-6-4-5-7-12(11)19(14)2/h4-10H,3H2,1-2H3,(H,15,16)(H,17,18). The summed E-state index contributed by atoms with van der Waals surface area (Å²) < 4.78 is 2.07. The van der Waals surface area contributed by atoms with Crippen molar-refractivity contribution in [1.29, 1.82) is 0 Å². The van der Waals surface area contributed by atoms with Crippen molar-refractivity contribution in [2.45, 2.75) is 19.4 Å². The van der Waals surface area contributed by atoms with Crippen molar-refractivity contribution in [3.05, 3.63) is 42.5 Å². The van der Waals surface area contributed by atoms with Crippen LogP contribution in [-0.4, -0.2) is 19.5 Å². The van der Waals surface area contributed by atoms with Gasteiger partial charge in [-0.05, 0) is 18.6 Å². The van der Waals surface area contributed by atoms with Crippen molar-refractivity contribution < 1.29 is 0 Å². The molecule has 0 radical (unpaired) electrons. The Kier molecular flexibility index (Phi) is 2.95. The van der Waals surface area contributed by atoms with Gasteiger partial charge in [-0.1, -0.05) is 19.1 Å². The molecular weight excluding hydrogens is 238 g/mol. The number of nitrogens with one attached hydrogen (secondary N) is 2. The molecule has 2 heterocycles. The molecule has 5 nitrogen and oxygen atoms in total. The Balaban J connectivity index is 1.94. The summed E-state index contributed by atoms with van der Waals surface area (Å²) in [4.78, 5) is 12.1. The van der Waals surface area contributed by atoms with Crippen LogP contribution in [0.3, 0.4) is 0 Å². The summed E-state index contributed by atoms with van der Waals surface area (Å²) in [5, 5.41) is 3.45. The molecule has 0 saturated heterocycles. The van der Waals surface area contributed by atoms with E-state index in [1.807, 2.05) is 31.4 Å². The van der Waals surface area contributed by atoms with Crippen LogP contribution in [-0.2, 0) is 7.05 Å². The highest BCUT2D eigenvalue weighted by atomic mass is 15.2. The van der Waals surface area contributed by atoms with Gasteiger partial charge in [-0.25, -0.2) is 9.97 Å². The van der Waals surface area contributed by atoms with Crippen LogP contribution in [0, 0.1) is 0 Å². The number of hydrogen-bond donors (Lipinski definition) is 2. The lowest BCUT2D eigenvalue weighted by atomic mass is 10.2. The molecule has 1 atom stereocenters. The van der Waals surface area contributed by atoms with Gasteiger partial charge in [0.1, 0.15) is 5.82 Å². The van der Waals surface area contributed by atoms with E-state index in [1.54, 1.807) is 6.20 Å². The van der Waals surface area contributed by atoms with Crippen LogP contribution >= 0.6 is 0 Å². The Morgan fingerprint density at radius 1 is 1.37 bits per heavy atom. The number of nitrogens with zero attached hydrogens (tertiary/aromatic N) is 3. The molecule has 0 aliphatic rings. The highest BCUT2D eigenvalue weighted by molar-refractivity contribution is 5.78. The maximum absolute atomic E-state index is 4.62. The fourth-order valence-electron chi connectivity index (χ4n) is 2.26. The fraction of sp³-hybridized carbons (Fsp3) is 0.286. The van der Waals surface area contributed by atoms with Crippen LogP contribution in [0.5, 0.6) is 0 Å². The summed E-state index contributed by atoms with van der Waals surface area (Å²) in [5.41, 5.74) is 2.13. The first-order chi connectivity index (χ1) is 9.29. The van der Waals surface area contributed by atoms with Crippen molar-refractivity contribution in [1.82, 2.24) is 19.5 Å². The molecule has 0 fully saturated rings. The molecule has 2 N–H and O–H groups in total. The van der Waals surface area contributed by atoms with Crippen LogP contribution in [0.1, 0.15) is 25.2 Å². The van der Waals surface area contributed by atoms with Crippen molar-refractivity contribution in [2.75, 3.05) is 5.32 Å². The first kappa shape index (κ1) is 11.8. The lowest BCUT2D eigenvalue weighted by Gasteiger charge is -2.15. The van der Waals surface area contributed by atoms with Gasteiger partial charge in [0, 0.05) is 19.4 Å². The molecule has 0 spiro atoms. The van der Waals surface area contributed by atoms with E-state index < -0.39 is 0 Å². The van der Waals surface area contributed by atoms with Crippen LogP contribution in [0.25, 0.3) is 11.0 Å². The Bertz CT molecular complexity index is 668. The number of imidazole rings is 2. The molecule has 1 aromatic carbocycles. The lowest BCUT2D eigenvalue weighted by Crippen LogP contribution is -2.14. The second kappa shape index (κ2) is 4.76. The third kappa shape index (κ3) is 2.07. The molecule has 0 saturated carbocycles. The average molecular weight is 255 g/mol. The van der Waals surface area contributed by atoms with Crippen LogP contribution in [0.4, 0.5) is 5.95 Å². The molecule has 3 rings (SSSR count). The zero-order valence-corrected chi connectivity index (χ0v) is 11.1. The highest BCUT2D eigenvalue weighted by Crippen LogP contribution is 2.22. The van der Waals surface area contributed by atoms with Crippen LogP contribution in [0.15, 0.2) is 36.7 Å². The number of benzene rings is 1. The zero-order chi connectivity index (χ0) is 13.2. The molecule has 0 aliphatic heterocycles. The zero-order valence-electron chi connectivity index (χ0n) is 11.1. The van der Waals surface area contributed by atoms with E-state index in [2.05, 4.69) is 37.8 Å². The maximum Gasteiger partial charge on any atom is 0.204 e. The van der Waals surface area contributed by atoms with Gasteiger partial charge in [-0.2, -0.15) is 0 Å². The highest BCUT2D eigenvalue weighted by Gasteiger charge is 2.15. The van der Waals surface area contributed by atoms with E-state index in [0.717, 1.165) is 29.2 Å². The first-order valence-corrected chi connectivity index (χ1v) is 6.47. The van der Waals surface area contributed by atoms with Crippen molar-refractivity contribution >= 4 is 17.0 Å². The lowest BCUT2D eigenvalue weighted by molar-refractivity contribution is 0.689. The molecule has 0 aliphatic carbocycles. The number of rotatable bonds is 4. The topological polar surface area (TPSA) is 58.5 Å². The summed E-state index contributed by atoms with van der Waals surface area (Å²) in [6.45, 7) is 2.13. The van der Waals surface area contributed by atoms with Gasteiger partial charge in [0.15, 0.2) is 0 Å². The maximum atomic E-state index is 4.62. The fourth-order valence-corrected chi connectivity index (χ4v) is 2.26. The normalized spacial score (nSPS) is 12.7.